The summed E-state index contributed by atoms with van der Waals surface area (Å²) >= 11 is 4.83. The zero-order valence-corrected chi connectivity index (χ0v) is 19.0. The molecule has 0 unspecified atom stereocenters. The van der Waals surface area contributed by atoms with Crippen molar-refractivity contribution in [2.75, 3.05) is 6.61 Å². The van der Waals surface area contributed by atoms with Gasteiger partial charge in [-0.05, 0) is 118 Å². The highest BCUT2D eigenvalue weighted by atomic mass is 35.5. The average molecular weight is 461 g/mol. The molecule has 0 bridgehead atoms. The molecule has 0 amide bonds. The molecule has 0 heterocycles. The van der Waals surface area contributed by atoms with Crippen LogP contribution < -0.4 is 0 Å². The molecule has 0 saturated heterocycles. The van der Waals surface area contributed by atoms with Crippen LogP contribution in [0, 0.1) is 23.5 Å². The fourth-order valence-electron chi connectivity index (χ4n) is 5.12. The van der Waals surface area contributed by atoms with Gasteiger partial charge in [-0.15, -0.1) is 0 Å². The van der Waals surface area contributed by atoms with Crippen LogP contribution in [-0.2, 0) is 10.1 Å². The molecule has 0 aromatic heterocycles. The van der Waals surface area contributed by atoms with Gasteiger partial charge in [-0.25, -0.2) is 8.78 Å². The highest BCUT2D eigenvalue weighted by Crippen LogP contribution is 2.41. The summed E-state index contributed by atoms with van der Waals surface area (Å²) in [7, 11) is 0. The number of hydrogen-bond donors (Lipinski definition) is 0. The second kappa shape index (κ2) is 11.2. The number of hydrogen-bond acceptors (Lipinski definition) is 1. The van der Waals surface area contributed by atoms with Crippen LogP contribution in [0.2, 0.25) is 0 Å². The molecule has 1 aromatic carbocycles. The number of allylic oxidation sites excluding steroid dienone is 2. The Morgan fingerprint density at radius 3 is 2.10 bits per heavy atom. The Balaban J connectivity index is 1.42. The summed E-state index contributed by atoms with van der Waals surface area (Å²) in [6.07, 6.45) is 15.3. The van der Waals surface area contributed by atoms with E-state index in [1.165, 1.54) is 25.7 Å². The first kappa shape index (κ1) is 24.6. The zero-order chi connectivity index (χ0) is 22.4. The first-order valence-electron chi connectivity index (χ1n) is 11.6. The van der Waals surface area contributed by atoms with Gasteiger partial charge in [-0.2, -0.15) is 8.78 Å². The molecule has 0 atom stereocenters. The van der Waals surface area contributed by atoms with E-state index < -0.39 is 22.6 Å². The van der Waals surface area contributed by atoms with Crippen molar-refractivity contribution in [3.05, 3.63) is 47.0 Å². The fourth-order valence-corrected chi connectivity index (χ4v) is 5.30. The van der Waals surface area contributed by atoms with Crippen molar-refractivity contribution in [1.82, 2.24) is 0 Å². The highest BCUT2D eigenvalue weighted by molar-refractivity contribution is 6.21. The molecule has 6 heteroatoms. The van der Waals surface area contributed by atoms with E-state index in [4.69, 9.17) is 16.3 Å². The van der Waals surface area contributed by atoms with Crippen molar-refractivity contribution in [2.45, 2.75) is 88.5 Å². The van der Waals surface area contributed by atoms with Crippen molar-refractivity contribution in [2.24, 2.45) is 11.8 Å². The Morgan fingerprint density at radius 2 is 1.55 bits per heavy atom. The normalized spacial score (nSPS) is 27.7. The summed E-state index contributed by atoms with van der Waals surface area (Å²) in [6, 6.07) is 2.04. The lowest BCUT2D eigenvalue weighted by atomic mass is 9.78. The van der Waals surface area contributed by atoms with Crippen molar-refractivity contribution in [1.29, 1.82) is 0 Å². The van der Waals surface area contributed by atoms with Crippen molar-refractivity contribution in [3.8, 4) is 0 Å². The monoisotopic (exact) mass is 460 g/mol. The van der Waals surface area contributed by atoms with Gasteiger partial charge in [0.15, 0.2) is 0 Å². The maximum Gasteiger partial charge on any atom is 0.353 e. The number of alkyl halides is 3. The molecule has 2 fully saturated rings. The number of rotatable bonds is 8. The number of ether oxygens (including phenoxy) is 1. The molecule has 31 heavy (non-hydrogen) atoms. The molecular weight excluding hydrogens is 428 g/mol. The van der Waals surface area contributed by atoms with E-state index in [9.17, 15) is 17.6 Å². The molecule has 2 aliphatic rings. The van der Waals surface area contributed by atoms with Crippen LogP contribution in [0.3, 0.4) is 0 Å². The van der Waals surface area contributed by atoms with Gasteiger partial charge < -0.3 is 4.74 Å². The summed E-state index contributed by atoms with van der Waals surface area (Å²) in [5.74, 6) is -1.31. The molecule has 2 saturated carbocycles. The van der Waals surface area contributed by atoms with Crippen LogP contribution in [0.1, 0.15) is 88.2 Å². The van der Waals surface area contributed by atoms with Gasteiger partial charge >= 0.3 is 5.38 Å². The minimum absolute atomic E-state index is 0.0224. The first-order chi connectivity index (χ1) is 14.8. The minimum atomic E-state index is -4.05. The smallest absolute Gasteiger partial charge is 0.353 e. The van der Waals surface area contributed by atoms with Gasteiger partial charge in [0.1, 0.15) is 17.2 Å². The molecule has 0 N–H and O–H groups in total. The maximum atomic E-state index is 14.1. The van der Waals surface area contributed by atoms with Gasteiger partial charge in [-0.3, -0.25) is 0 Å². The van der Waals surface area contributed by atoms with E-state index >= 15 is 0 Å². The average Bonchev–Trinajstić information content (AvgIpc) is 2.72. The lowest BCUT2D eigenvalue weighted by Crippen LogP contribution is -2.26. The van der Waals surface area contributed by atoms with Gasteiger partial charge in [0.05, 0.1) is 6.10 Å². The fraction of sp³-hybridized carbons (Fsp3) is 0.680. The van der Waals surface area contributed by atoms with Gasteiger partial charge in [0.2, 0.25) is 0 Å². The Kier molecular flexibility index (Phi) is 8.86. The lowest BCUT2D eigenvalue weighted by molar-refractivity contribution is -0.00825. The van der Waals surface area contributed by atoms with E-state index in [0.29, 0.717) is 17.6 Å². The van der Waals surface area contributed by atoms with Crippen LogP contribution in [0.25, 0.3) is 0 Å². The SMILES string of the molecule is CC=CCCC1CCC(OCC2CCC(c3cc(F)c(C(F)(F)Cl)c(F)c3)CC2)CC1. The third-order valence-electron chi connectivity index (χ3n) is 7.00. The number of benzene rings is 1. The van der Waals surface area contributed by atoms with Crippen LogP contribution in [0.5, 0.6) is 0 Å². The van der Waals surface area contributed by atoms with Crippen molar-refractivity contribution in [3.63, 3.8) is 0 Å². The van der Waals surface area contributed by atoms with E-state index in [2.05, 4.69) is 19.1 Å². The summed E-state index contributed by atoms with van der Waals surface area (Å²) in [5, 5.41) is -4.05. The molecule has 3 rings (SSSR count). The second-order valence-electron chi connectivity index (χ2n) is 9.20. The van der Waals surface area contributed by atoms with Crippen molar-refractivity contribution >= 4 is 11.6 Å². The number of halogens is 5. The molecule has 0 aliphatic heterocycles. The predicted octanol–water partition coefficient (Wildman–Crippen LogP) is 8.46. The van der Waals surface area contributed by atoms with Crippen LogP contribution in [0.15, 0.2) is 24.3 Å². The first-order valence-corrected chi connectivity index (χ1v) is 11.9. The Morgan fingerprint density at radius 1 is 0.968 bits per heavy atom. The Bertz CT molecular complexity index is 707. The van der Waals surface area contributed by atoms with Crippen LogP contribution in [0.4, 0.5) is 17.6 Å². The van der Waals surface area contributed by atoms with Gasteiger partial charge in [0.25, 0.3) is 0 Å². The highest BCUT2D eigenvalue weighted by Gasteiger charge is 2.36. The van der Waals surface area contributed by atoms with Crippen LogP contribution in [-0.4, -0.2) is 12.7 Å². The lowest BCUT2D eigenvalue weighted by Gasteiger charge is -2.32. The molecule has 0 radical (unpaired) electrons. The molecule has 2 aliphatic carbocycles. The third kappa shape index (κ3) is 6.95. The summed E-state index contributed by atoms with van der Waals surface area (Å²) in [5.41, 5.74) is -0.924. The quantitative estimate of drug-likeness (QED) is 0.215. The summed E-state index contributed by atoms with van der Waals surface area (Å²) in [4.78, 5) is 0. The van der Waals surface area contributed by atoms with Gasteiger partial charge in [0, 0.05) is 6.61 Å². The van der Waals surface area contributed by atoms with Gasteiger partial charge in [-0.1, -0.05) is 12.2 Å². The largest absolute Gasteiger partial charge is 0.378 e. The minimum Gasteiger partial charge on any atom is -0.378 e. The predicted molar refractivity (Wildman–Crippen MR) is 117 cm³/mol. The second-order valence-corrected chi connectivity index (χ2v) is 9.67. The molecule has 0 spiro atoms. The summed E-state index contributed by atoms with van der Waals surface area (Å²) < 4.78 is 60.7. The molecule has 1 nitrogen and oxygen atoms in total. The van der Waals surface area contributed by atoms with Crippen molar-refractivity contribution < 1.29 is 22.3 Å². The Hall–Kier alpha value is -1.07. The van der Waals surface area contributed by atoms with E-state index in [1.807, 2.05) is 0 Å². The third-order valence-corrected chi connectivity index (χ3v) is 7.19. The van der Waals surface area contributed by atoms with E-state index in [0.717, 1.165) is 63.2 Å². The van der Waals surface area contributed by atoms with Crippen LogP contribution >= 0.6 is 11.6 Å². The maximum absolute atomic E-state index is 14.1. The van der Waals surface area contributed by atoms with E-state index in [-0.39, 0.29) is 5.92 Å². The molecule has 174 valence electrons. The topological polar surface area (TPSA) is 9.23 Å². The molecule has 1 aromatic rings. The zero-order valence-electron chi connectivity index (χ0n) is 18.2. The van der Waals surface area contributed by atoms with E-state index in [1.54, 1.807) is 0 Å². The Labute approximate surface area is 188 Å². The summed E-state index contributed by atoms with van der Waals surface area (Å²) in [6.45, 7) is 2.80. The standard InChI is InChI=1S/C25H33ClF4O/c1-2-3-4-5-17-8-12-21(13-9-17)31-16-18-6-10-19(11-7-18)20-14-22(27)24(23(28)15-20)25(26,29)30/h2-3,14-15,17-19,21H,4-13,16H2,1H3. The molecular formula is C25H33ClF4O.